The number of hydrogen-bond donors (Lipinski definition) is 1. The first-order valence-electron chi connectivity index (χ1n) is 6.75. The fourth-order valence-corrected chi connectivity index (χ4v) is 2.34. The van der Waals surface area contributed by atoms with E-state index in [0.29, 0.717) is 19.8 Å². The van der Waals surface area contributed by atoms with Crippen LogP contribution in [0.2, 0.25) is 0 Å². The zero-order valence-corrected chi connectivity index (χ0v) is 11.5. The molecule has 1 aliphatic rings. The average molecular weight is 270 g/mol. The Morgan fingerprint density at radius 3 is 2.60 bits per heavy atom. The number of phenols is 1. The van der Waals surface area contributed by atoms with E-state index >= 15 is 0 Å². The van der Waals surface area contributed by atoms with Gasteiger partial charge in [-0.05, 0) is 24.1 Å². The van der Waals surface area contributed by atoms with Gasteiger partial charge in [0.15, 0.2) is 0 Å². The van der Waals surface area contributed by atoms with Crippen molar-refractivity contribution in [2.45, 2.75) is 19.1 Å². The average Bonchev–Trinajstić information content (AvgIpc) is 3.21. The van der Waals surface area contributed by atoms with E-state index in [1.807, 2.05) is 49.4 Å². The quantitative estimate of drug-likeness (QED) is 0.849. The Balaban J connectivity index is 1.65. The van der Waals surface area contributed by atoms with E-state index in [2.05, 4.69) is 0 Å². The molecule has 104 valence electrons. The maximum Gasteiger partial charge on any atom is 0.143 e. The molecule has 1 aliphatic heterocycles. The predicted octanol–water partition coefficient (Wildman–Crippen LogP) is 3.14. The van der Waals surface area contributed by atoms with Crippen LogP contribution in [0, 0.1) is 6.92 Å². The maximum absolute atomic E-state index is 10.0. The Bertz CT molecular complexity index is 588. The highest BCUT2D eigenvalue weighted by molar-refractivity contribution is 5.42. The van der Waals surface area contributed by atoms with Gasteiger partial charge in [-0.3, -0.25) is 0 Å². The first kappa shape index (κ1) is 13.2. The van der Waals surface area contributed by atoms with E-state index in [0.717, 1.165) is 16.7 Å². The lowest BCUT2D eigenvalue weighted by atomic mass is 9.98. The van der Waals surface area contributed by atoms with Crippen molar-refractivity contribution < 1.29 is 14.6 Å². The summed E-state index contributed by atoms with van der Waals surface area (Å²) in [5.41, 5.74) is 2.52. The van der Waals surface area contributed by atoms with E-state index in [4.69, 9.17) is 9.47 Å². The van der Waals surface area contributed by atoms with E-state index < -0.39 is 5.60 Å². The van der Waals surface area contributed by atoms with Crippen molar-refractivity contribution in [3.63, 3.8) is 0 Å². The highest BCUT2D eigenvalue weighted by Crippen LogP contribution is 2.43. The Kier molecular flexibility index (Phi) is 3.47. The molecule has 2 aromatic carbocycles. The molecule has 0 saturated carbocycles. The van der Waals surface area contributed by atoms with Gasteiger partial charge in [-0.25, -0.2) is 0 Å². The number of aryl methyl sites for hydroxylation is 1. The number of ether oxygens (including phenoxy) is 2. The van der Waals surface area contributed by atoms with Crippen LogP contribution in [0.15, 0.2) is 48.5 Å². The SMILES string of the molecule is Cc1ccc(C2(COCc3ccccc3)CO2)c(O)c1. The number of benzene rings is 2. The maximum atomic E-state index is 10.0. The zero-order valence-electron chi connectivity index (χ0n) is 11.5. The van der Waals surface area contributed by atoms with Gasteiger partial charge in [0.25, 0.3) is 0 Å². The smallest absolute Gasteiger partial charge is 0.143 e. The Labute approximate surface area is 118 Å². The van der Waals surface area contributed by atoms with Gasteiger partial charge >= 0.3 is 0 Å². The van der Waals surface area contributed by atoms with Crippen molar-refractivity contribution in [3.8, 4) is 5.75 Å². The summed E-state index contributed by atoms with van der Waals surface area (Å²) in [4.78, 5) is 0. The molecule has 3 nitrogen and oxygen atoms in total. The summed E-state index contributed by atoms with van der Waals surface area (Å²) < 4.78 is 11.3. The topological polar surface area (TPSA) is 42.0 Å². The Hall–Kier alpha value is -1.84. The summed E-state index contributed by atoms with van der Waals surface area (Å²) in [5.74, 6) is 0.283. The van der Waals surface area contributed by atoms with Gasteiger partial charge in [-0.2, -0.15) is 0 Å². The van der Waals surface area contributed by atoms with E-state index in [9.17, 15) is 5.11 Å². The second kappa shape index (κ2) is 5.27. The molecular weight excluding hydrogens is 252 g/mol. The first-order valence-corrected chi connectivity index (χ1v) is 6.75. The molecule has 1 N–H and O–H groups in total. The highest BCUT2D eigenvalue weighted by Gasteiger charge is 2.48. The van der Waals surface area contributed by atoms with Crippen molar-refractivity contribution in [2.75, 3.05) is 13.2 Å². The molecule has 1 saturated heterocycles. The van der Waals surface area contributed by atoms with Gasteiger partial charge in [0.1, 0.15) is 11.4 Å². The van der Waals surface area contributed by atoms with Crippen molar-refractivity contribution in [1.82, 2.24) is 0 Å². The van der Waals surface area contributed by atoms with E-state index in [-0.39, 0.29) is 5.75 Å². The fraction of sp³-hybridized carbons (Fsp3) is 0.294. The van der Waals surface area contributed by atoms with Crippen LogP contribution in [0.4, 0.5) is 0 Å². The summed E-state index contributed by atoms with van der Waals surface area (Å²) in [6.07, 6.45) is 0. The molecule has 0 spiro atoms. The summed E-state index contributed by atoms with van der Waals surface area (Å²) in [5, 5.41) is 10.0. The minimum Gasteiger partial charge on any atom is -0.508 e. The van der Waals surface area contributed by atoms with Crippen LogP contribution in [0.1, 0.15) is 16.7 Å². The van der Waals surface area contributed by atoms with E-state index in [1.54, 1.807) is 6.07 Å². The van der Waals surface area contributed by atoms with Gasteiger partial charge in [-0.15, -0.1) is 0 Å². The lowest BCUT2D eigenvalue weighted by Gasteiger charge is -2.15. The Morgan fingerprint density at radius 2 is 1.95 bits per heavy atom. The lowest BCUT2D eigenvalue weighted by molar-refractivity contribution is 0.0657. The second-order valence-corrected chi connectivity index (χ2v) is 5.28. The third-order valence-electron chi connectivity index (χ3n) is 3.58. The van der Waals surface area contributed by atoms with Gasteiger partial charge < -0.3 is 14.6 Å². The van der Waals surface area contributed by atoms with Gasteiger partial charge in [-0.1, -0.05) is 42.5 Å². The molecule has 3 heteroatoms. The Morgan fingerprint density at radius 1 is 1.20 bits per heavy atom. The van der Waals surface area contributed by atoms with Crippen LogP contribution >= 0.6 is 0 Å². The number of hydrogen-bond acceptors (Lipinski definition) is 3. The third kappa shape index (κ3) is 2.69. The summed E-state index contributed by atoms with van der Waals surface area (Å²) in [6.45, 7) is 3.56. The van der Waals surface area contributed by atoms with Crippen molar-refractivity contribution in [3.05, 3.63) is 65.2 Å². The molecule has 0 amide bonds. The minimum atomic E-state index is -0.466. The number of aromatic hydroxyl groups is 1. The summed E-state index contributed by atoms with van der Waals surface area (Å²) in [6, 6.07) is 15.7. The van der Waals surface area contributed by atoms with Crippen molar-refractivity contribution >= 4 is 0 Å². The van der Waals surface area contributed by atoms with Crippen LogP contribution in [0.25, 0.3) is 0 Å². The molecule has 0 bridgehead atoms. The van der Waals surface area contributed by atoms with Crippen molar-refractivity contribution in [2.24, 2.45) is 0 Å². The fourth-order valence-electron chi connectivity index (χ4n) is 2.34. The lowest BCUT2D eigenvalue weighted by Crippen LogP contribution is -2.17. The molecule has 1 atom stereocenters. The number of phenolic OH excluding ortho intramolecular Hbond substituents is 1. The van der Waals surface area contributed by atoms with Crippen LogP contribution in [0.3, 0.4) is 0 Å². The molecule has 0 radical (unpaired) electrons. The first-order chi connectivity index (χ1) is 9.70. The van der Waals surface area contributed by atoms with Crippen LogP contribution in [-0.4, -0.2) is 18.3 Å². The number of epoxide rings is 1. The van der Waals surface area contributed by atoms with Crippen LogP contribution in [0.5, 0.6) is 5.75 Å². The summed E-state index contributed by atoms with van der Waals surface area (Å²) in [7, 11) is 0. The molecule has 20 heavy (non-hydrogen) atoms. The van der Waals surface area contributed by atoms with Crippen LogP contribution < -0.4 is 0 Å². The van der Waals surface area contributed by atoms with Gasteiger partial charge in [0, 0.05) is 5.56 Å². The molecule has 0 aliphatic carbocycles. The van der Waals surface area contributed by atoms with Crippen LogP contribution in [-0.2, 0) is 21.7 Å². The standard InChI is InChI=1S/C17H18O3/c1-13-7-8-15(16(18)9-13)17(12-20-17)11-19-10-14-5-3-2-4-6-14/h2-9,18H,10-12H2,1H3. The summed E-state index contributed by atoms with van der Waals surface area (Å²) >= 11 is 0. The highest BCUT2D eigenvalue weighted by atomic mass is 16.6. The largest absolute Gasteiger partial charge is 0.508 e. The second-order valence-electron chi connectivity index (χ2n) is 5.28. The third-order valence-corrected chi connectivity index (χ3v) is 3.58. The molecule has 1 fully saturated rings. The van der Waals surface area contributed by atoms with Gasteiger partial charge in [0.2, 0.25) is 0 Å². The monoisotopic (exact) mass is 270 g/mol. The molecule has 2 aromatic rings. The predicted molar refractivity (Wildman–Crippen MR) is 76.6 cm³/mol. The van der Waals surface area contributed by atoms with E-state index in [1.165, 1.54) is 0 Å². The van der Waals surface area contributed by atoms with Crippen molar-refractivity contribution in [1.29, 1.82) is 0 Å². The number of rotatable bonds is 5. The molecule has 3 rings (SSSR count). The molecular formula is C17H18O3. The minimum absolute atomic E-state index is 0.283. The van der Waals surface area contributed by atoms with Gasteiger partial charge in [0.05, 0.1) is 19.8 Å². The normalized spacial score (nSPS) is 20.9. The zero-order chi connectivity index (χ0) is 14.0. The molecule has 0 aromatic heterocycles. The molecule has 1 heterocycles. The molecule has 1 unspecified atom stereocenters.